The summed E-state index contributed by atoms with van der Waals surface area (Å²) in [4.78, 5) is 30.5. The van der Waals surface area contributed by atoms with Crippen molar-refractivity contribution in [3.63, 3.8) is 0 Å². The van der Waals surface area contributed by atoms with Gasteiger partial charge in [0.05, 0.1) is 17.6 Å². The number of primary amides is 1. The van der Waals surface area contributed by atoms with Crippen LogP contribution in [0.2, 0.25) is 0 Å². The van der Waals surface area contributed by atoms with Gasteiger partial charge in [0.15, 0.2) is 0 Å². The number of imidazole rings is 1. The first-order chi connectivity index (χ1) is 14.0. The van der Waals surface area contributed by atoms with Crippen molar-refractivity contribution in [2.75, 3.05) is 19.6 Å². The van der Waals surface area contributed by atoms with Crippen molar-refractivity contribution in [2.24, 2.45) is 5.73 Å². The monoisotopic (exact) mass is 391 g/mol. The van der Waals surface area contributed by atoms with Crippen LogP contribution >= 0.6 is 0 Å². The maximum atomic E-state index is 12.7. The van der Waals surface area contributed by atoms with Crippen LogP contribution in [0.3, 0.4) is 0 Å². The predicted octanol–water partition coefficient (Wildman–Crippen LogP) is 2.01. The summed E-state index contributed by atoms with van der Waals surface area (Å²) in [6.45, 7) is 3.76. The van der Waals surface area contributed by atoms with Gasteiger partial charge < -0.3 is 11.1 Å². The standard InChI is InChI=1S/C22H25N5O2/c1-15-24-19-13-16(7-8-20(19)27(15)18-5-3-2-4-6-18)22(29)25-17-9-11-26(12-10-17)14-21(23)28/h2-8,13,17H,9-12,14H2,1H3,(H2,23,28)(H,25,29). The molecule has 0 saturated carbocycles. The van der Waals surface area contributed by atoms with Crippen molar-refractivity contribution in [1.29, 1.82) is 0 Å². The third-order valence-electron chi connectivity index (χ3n) is 5.40. The Balaban J connectivity index is 1.47. The van der Waals surface area contributed by atoms with Gasteiger partial charge in [0.2, 0.25) is 5.91 Å². The summed E-state index contributed by atoms with van der Waals surface area (Å²) in [6.07, 6.45) is 1.62. The molecule has 2 aromatic carbocycles. The van der Waals surface area contributed by atoms with Gasteiger partial charge in [-0.3, -0.25) is 19.1 Å². The minimum atomic E-state index is -0.314. The average Bonchev–Trinajstić information content (AvgIpc) is 3.04. The first kappa shape index (κ1) is 19.1. The number of benzene rings is 2. The molecule has 3 N–H and O–H groups in total. The Hall–Kier alpha value is -3.19. The highest BCUT2D eigenvalue weighted by atomic mass is 16.2. The smallest absolute Gasteiger partial charge is 0.251 e. The molecular formula is C22H25N5O2. The quantitative estimate of drug-likeness (QED) is 0.696. The van der Waals surface area contributed by atoms with E-state index in [0.29, 0.717) is 5.56 Å². The Kier molecular flexibility index (Phi) is 5.31. The molecule has 0 atom stereocenters. The first-order valence-electron chi connectivity index (χ1n) is 9.87. The normalized spacial score (nSPS) is 15.5. The second-order valence-electron chi connectivity index (χ2n) is 7.52. The lowest BCUT2D eigenvalue weighted by Gasteiger charge is -2.31. The van der Waals surface area contributed by atoms with Gasteiger partial charge in [0, 0.05) is 30.4 Å². The molecule has 150 valence electrons. The van der Waals surface area contributed by atoms with E-state index in [2.05, 4.69) is 14.9 Å². The largest absolute Gasteiger partial charge is 0.369 e. The van der Waals surface area contributed by atoms with Crippen LogP contribution in [-0.4, -0.2) is 51.9 Å². The molecule has 0 unspecified atom stereocenters. The Morgan fingerprint density at radius 2 is 1.86 bits per heavy atom. The molecule has 7 nitrogen and oxygen atoms in total. The first-order valence-corrected chi connectivity index (χ1v) is 9.87. The molecule has 1 aromatic heterocycles. The van der Waals surface area contributed by atoms with E-state index < -0.39 is 0 Å². The summed E-state index contributed by atoms with van der Waals surface area (Å²) in [6, 6.07) is 15.8. The summed E-state index contributed by atoms with van der Waals surface area (Å²) in [5.74, 6) is 0.476. The van der Waals surface area contributed by atoms with Crippen LogP contribution in [0, 0.1) is 6.92 Å². The number of fused-ring (bicyclic) bond motifs is 1. The van der Waals surface area contributed by atoms with Gasteiger partial charge in [-0.2, -0.15) is 0 Å². The van der Waals surface area contributed by atoms with Gasteiger partial charge in [-0.1, -0.05) is 18.2 Å². The number of hydrogen-bond acceptors (Lipinski definition) is 4. The van der Waals surface area contributed by atoms with Crippen molar-refractivity contribution in [2.45, 2.75) is 25.8 Å². The van der Waals surface area contributed by atoms with Crippen LogP contribution in [-0.2, 0) is 4.79 Å². The lowest BCUT2D eigenvalue weighted by atomic mass is 10.0. The van der Waals surface area contributed by atoms with E-state index in [1.807, 2.05) is 60.4 Å². The van der Waals surface area contributed by atoms with E-state index in [1.165, 1.54) is 0 Å². The topological polar surface area (TPSA) is 93.2 Å². The molecular weight excluding hydrogens is 366 g/mol. The number of amides is 2. The van der Waals surface area contributed by atoms with E-state index >= 15 is 0 Å². The van der Waals surface area contributed by atoms with Crippen molar-refractivity contribution in [1.82, 2.24) is 19.8 Å². The number of piperidine rings is 1. The van der Waals surface area contributed by atoms with Crippen molar-refractivity contribution < 1.29 is 9.59 Å². The summed E-state index contributed by atoms with van der Waals surface area (Å²) in [5.41, 5.74) is 8.68. The summed E-state index contributed by atoms with van der Waals surface area (Å²) in [7, 11) is 0. The average molecular weight is 391 g/mol. The van der Waals surface area contributed by atoms with Gasteiger partial charge >= 0.3 is 0 Å². The molecule has 3 aromatic rings. The zero-order valence-electron chi connectivity index (χ0n) is 16.5. The molecule has 7 heteroatoms. The zero-order valence-corrected chi connectivity index (χ0v) is 16.5. The van der Waals surface area contributed by atoms with E-state index in [9.17, 15) is 9.59 Å². The fraction of sp³-hybridized carbons (Fsp3) is 0.318. The number of nitrogens with two attached hydrogens (primary N) is 1. The second-order valence-corrected chi connectivity index (χ2v) is 7.52. The number of nitrogens with one attached hydrogen (secondary N) is 1. The molecule has 29 heavy (non-hydrogen) atoms. The molecule has 2 heterocycles. The van der Waals surface area contributed by atoms with E-state index in [1.54, 1.807) is 0 Å². The Labute approximate surface area is 169 Å². The number of aryl methyl sites for hydroxylation is 1. The molecule has 0 radical (unpaired) electrons. The highest BCUT2D eigenvalue weighted by Gasteiger charge is 2.22. The van der Waals surface area contributed by atoms with Gasteiger partial charge in [0.1, 0.15) is 5.82 Å². The molecule has 2 amide bonds. The zero-order chi connectivity index (χ0) is 20.4. The lowest BCUT2D eigenvalue weighted by molar-refractivity contribution is -0.119. The number of nitrogens with zero attached hydrogens (tertiary/aromatic N) is 3. The van der Waals surface area contributed by atoms with Gasteiger partial charge in [-0.25, -0.2) is 4.98 Å². The minimum absolute atomic E-state index is 0.0906. The van der Waals surface area contributed by atoms with E-state index in [4.69, 9.17) is 5.73 Å². The van der Waals surface area contributed by atoms with Crippen molar-refractivity contribution in [3.8, 4) is 5.69 Å². The molecule has 4 rings (SSSR count). The Bertz CT molecular complexity index is 1040. The van der Waals surface area contributed by atoms with Gasteiger partial charge in [-0.05, 0) is 50.1 Å². The molecule has 1 saturated heterocycles. The third kappa shape index (κ3) is 4.14. The fourth-order valence-corrected chi connectivity index (χ4v) is 3.97. The van der Waals surface area contributed by atoms with Crippen LogP contribution in [0.1, 0.15) is 29.0 Å². The molecule has 0 aliphatic carbocycles. The van der Waals surface area contributed by atoms with Crippen molar-refractivity contribution >= 4 is 22.8 Å². The molecule has 0 bridgehead atoms. The summed E-state index contributed by atoms with van der Waals surface area (Å²) >= 11 is 0. The minimum Gasteiger partial charge on any atom is -0.369 e. The van der Waals surface area contributed by atoms with Crippen LogP contribution < -0.4 is 11.1 Å². The molecule has 1 aliphatic rings. The highest BCUT2D eigenvalue weighted by Crippen LogP contribution is 2.22. The number of rotatable bonds is 5. The summed E-state index contributed by atoms with van der Waals surface area (Å²) < 4.78 is 2.09. The van der Waals surface area contributed by atoms with Gasteiger partial charge in [0.25, 0.3) is 5.91 Å². The maximum Gasteiger partial charge on any atom is 0.251 e. The van der Waals surface area contributed by atoms with Gasteiger partial charge in [-0.15, -0.1) is 0 Å². The Morgan fingerprint density at radius 1 is 1.14 bits per heavy atom. The van der Waals surface area contributed by atoms with E-state index in [0.717, 1.165) is 48.5 Å². The maximum absolute atomic E-state index is 12.7. The number of likely N-dealkylation sites (tertiary alicyclic amines) is 1. The third-order valence-corrected chi connectivity index (χ3v) is 5.40. The summed E-state index contributed by atoms with van der Waals surface area (Å²) in [5, 5.41) is 3.11. The van der Waals surface area contributed by atoms with Crippen LogP contribution in [0.4, 0.5) is 0 Å². The number of aromatic nitrogens is 2. The number of para-hydroxylation sites is 1. The number of hydrogen-bond donors (Lipinski definition) is 2. The highest BCUT2D eigenvalue weighted by molar-refractivity contribution is 5.97. The van der Waals surface area contributed by atoms with E-state index in [-0.39, 0.29) is 24.4 Å². The van der Waals surface area contributed by atoms with Crippen LogP contribution in [0.25, 0.3) is 16.7 Å². The van der Waals surface area contributed by atoms with Crippen LogP contribution in [0.15, 0.2) is 48.5 Å². The molecule has 1 aliphatic heterocycles. The lowest BCUT2D eigenvalue weighted by Crippen LogP contribution is -2.46. The molecule has 0 spiro atoms. The second kappa shape index (κ2) is 8.05. The number of carbonyl (C=O) groups excluding carboxylic acids is 2. The fourth-order valence-electron chi connectivity index (χ4n) is 3.97. The SMILES string of the molecule is Cc1nc2cc(C(=O)NC3CCN(CC(N)=O)CC3)ccc2n1-c1ccccc1. The Morgan fingerprint density at radius 3 is 2.55 bits per heavy atom. The van der Waals surface area contributed by atoms with Crippen LogP contribution in [0.5, 0.6) is 0 Å². The number of carbonyl (C=O) groups is 2. The molecule has 1 fully saturated rings. The predicted molar refractivity (Wildman–Crippen MR) is 112 cm³/mol. The van der Waals surface area contributed by atoms with Crippen molar-refractivity contribution in [3.05, 3.63) is 59.9 Å².